The van der Waals surface area contributed by atoms with Gasteiger partial charge in [0, 0.05) is 12.6 Å². The van der Waals surface area contributed by atoms with Gasteiger partial charge in [-0.25, -0.2) is 13.1 Å². The van der Waals surface area contributed by atoms with Crippen LogP contribution in [-0.4, -0.2) is 40.3 Å². The van der Waals surface area contributed by atoms with Gasteiger partial charge in [0.15, 0.2) is 0 Å². The zero-order valence-corrected chi connectivity index (χ0v) is 18.2. The second-order valence-corrected chi connectivity index (χ2v) is 9.15. The number of benzene rings is 2. The van der Waals surface area contributed by atoms with Gasteiger partial charge in [-0.15, -0.1) is 13.2 Å². The van der Waals surface area contributed by atoms with Gasteiger partial charge in [0.25, 0.3) is 0 Å². The molecule has 2 aromatic carbocycles. The number of alkyl halides is 3. The van der Waals surface area contributed by atoms with E-state index in [0.717, 1.165) is 18.2 Å². The molecular formula is C17H16Cl3F3N2O3S. The van der Waals surface area contributed by atoms with Crippen molar-refractivity contribution in [2.24, 2.45) is 0 Å². The highest BCUT2D eigenvalue weighted by Crippen LogP contribution is 2.31. The Morgan fingerprint density at radius 2 is 1.69 bits per heavy atom. The lowest BCUT2D eigenvalue weighted by Gasteiger charge is -2.23. The van der Waals surface area contributed by atoms with E-state index in [0.29, 0.717) is 10.6 Å². The Balaban J connectivity index is 2.35. The molecule has 0 saturated heterocycles. The summed E-state index contributed by atoms with van der Waals surface area (Å²) in [5, 5.41) is 0.140. The van der Waals surface area contributed by atoms with E-state index in [2.05, 4.69) is 9.46 Å². The predicted octanol–water partition coefficient (Wildman–Crippen LogP) is 5.13. The van der Waals surface area contributed by atoms with Crippen molar-refractivity contribution in [1.82, 2.24) is 9.62 Å². The second kappa shape index (κ2) is 9.28. The number of nitrogens with zero attached hydrogens (tertiary/aromatic N) is 1. The maximum Gasteiger partial charge on any atom is 0.573 e. The standard InChI is InChI=1S/C17H16Cl3F3N2O3S/c1-25(2)9-15(10-3-5-12(18)13(19)7-10)24-29(26,27)16-6-4-11(8-14(16)20)28-17(21,22)23/h3-8,15,24H,9H2,1-2H3. The van der Waals surface area contributed by atoms with Crippen molar-refractivity contribution < 1.29 is 26.3 Å². The van der Waals surface area contributed by atoms with Gasteiger partial charge in [0.1, 0.15) is 10.6 Å². The molecule has 0 aliphatic heterocycles. The molecule has 0 heterocycles. The molecule has 0 fully saturated rings. The van der Waals surface area contributed by atoms with Crippen LogP contribution in [0.5, 0.6) is 5.75 Å². The van der Waals surface area contributed by atoms with Crippen molar-refractivity contribution in [2.45, 2.75) is 17.3 Å². The van der Waals surface area contributed by atoms with Gasteiger partial charge < -0.3 is 9.64 Å². The SMILES string of the molecule is CN(C)CC(NS(=O)(=O)c1ccc(OC(F)(F)F)cc1Cl)c1ccc(Cl)c(Cl)c1. The van der Waals surface area contributed by atoms with E-state index in [-0.39, 0.29) is 11.6 Å². The van der Waals surface area contributed by atoms with E-state index < -0.39 is 38.1 Å². The van der Waals surface area contributed by atoms with Crippen molar-refractivity contribution in [3.05, 3.63) is 57.0 Å². The Bertz CT molecular complexity index is 986. The molecule has 1 N–H and O–H groups in total. The lowest BCUT2D eigenvalue weighted by Crippen LogP contribution is -2.35. The number of hydrogen-bond acceptors (Lipinski definition) is 4. The van der Waals surface area contributed by atoms with Gasteiger partial charge in [-0.1, -0.05) is 40.9 Å². The topological polar surface area (TPSA) is 58.6 Å². The van der Waals surface area contributed by atoms with Crippen LogP contribution in [0.25, 0.3) is 0 Å². The van der Waals surface area contributed by atoms with Crippen molar-refractivity contribution in [2.75, 3.05) is 20.6 Å². The Kier molecular flexibility index (Phi) is 7.69. The summed E-state index contributed by atoms with van der Waals surface area (Å²) in [5.74, 6) is -0.629. The molecule has 0 spiro atoms. The van der Waals surface area contributed by atoms with Crippen LogP contribution in [0.2, 0.25) is 15.1 Å². The second-order valence-electron chi connectivity index (χ2n) is 6.25. The first-order valence-corrected chi connectivity index (χ1v) is 10.6. The van der Waals surface area contributed by atoms with Crippen molar-refractivity contribution in [3.63, 3.8) is 0 Å². The van der Waals surface area contributed by atoms with Crippen molar-refractivity contribution in [1.29, 1.82) is 0 Å². The maximum absolute atomic E-state index is 12.8. The van der Waals surface area contributed by atoms with Gasteiger partial charge in [0.05, 0.1) is 21.1 Å². The fraction of sp³-hybridized carbons (Fsp3) is 0.294. The lowest BCUT2D eigenvalue weighted by atomic mass is 10.1. The van der Waals surface area contributed by atoms with Crippen LogP contribution < -0.4 is 9.46 Å². The number of hydrogen-bond donors (Lipinski definition) is 1. The Morgan fingerprint density at radius 3 is 2.21 bits per heavy atom. The molecule has 160 valence electrons. The highest BCUT2D eigenvalue weighted by atomic mass is 35.5. The lowest BCUT2D eigenvalue weighted by molar-refractivity contribution is -0.274. The van der Waals surface area contributed by atoms with Gasteiger partial charge in [-0.2, -0.15) is 0 Å². The summed E-state index contributed by atoms with van der Waals surface area (Å²) in [7, 11) is -0.699. The van der Waals surface area contributed by atoms with E-state index >= 15 is 0 Å². The fourth-order valence-electron chi connectivity index (χ4n) is 2.45. The number of sulfonamides is 1. The quantitative estimate of drug-likeness (QED) is 0.584. The van der Waals surface area contributed by atoms with Crippen LogP contribution in [0.3, 0.4) is 0 Å². The van der Waals surface area contributed by atoms with E-state index in [1.165, 1.54) is 12.1 Å². The summed E-state index contributed by atoms with van der Waals surface area (Å²) >= 11 is 17.8. The van der Waals surface area contributed by atoms with Crippen LogP contribution in [0.4, 0.5) is 13.2 Å². The molecule has 5 nitrogen and oxygen atoms in total. The zero-order chi connectivity index (χ0) is 22.0. The average molecular weight is 492 g/mol. The molecular weight excluding hydrogens is 476 g/mol. The molecule has 1 atom stereocenters. The minimum absolute atomic E-state index is 0.249. The van der Waals surface area contributed by atoms with Crippen LogP contribution in [0, 0.1) is 0 Å². The largest absolute Gasteiger partial charge is 0.573 e. The molecule has 0 radical (unpaired) electrons. The van der Waals surface area contributed by atoms with Crippen LogP contribution >= 0.6 is 34.8 Å². The molecule has 0 amide bonds. The molecule has 1 unspecified atom stereocenters. The summed E-state index contributed by atoms with van der Waals surface area (Å²) in [6.07, 6.45) is -4.92. The first-order valence-electron chi connectivity index (χ1n) is 7.96. The summed E-state index contributed by atoms with van der Waals surface area (Å²) < 4.78 is 68.9. The third-order valence-corrected chi connectivity index (χ3v) is 6.31. The van der Waals surface area contributed by atoms with Gasteiger partial charge >= 0.3 is 6.36 Å². The molecule has 0 bridgehead atoms. The number of nitrogens with one attached hydrogen (secondary N) is 1. The summed E-state index contributed by atoms with van der Waals surface area (Å²) in [4.78, 5) is 1.36. The molecule has 0 aliphatic carbocycles. The summed E-state index contributed by atoms with van der Waals surface area (Å²) in [5.41, 5.74) is 0.546. The Labute approximate surface area is 181 Å². The average Bonchev–Trinajstić information content (AvgIpc) is 2.54. The van der Waals surface area contributed by atoms with E-state index in [1.807, 2.05) is 0 Å². The number of halogens is 6. The van der Waals surface area contributed by atoms with Gasteiger partial charge in [-0.3, -0.25) is 0 Å². The molecule has 0 saturated carbocycles. The van der Waals surface area contributed by atoms with E-state index in [1.54, 1.807) is 25.1 Å². The summed E-state index contributed by atoms with van der Waals surface area (Å²) in [6.45, 7) is 0.268. The van der Waals surface area contributed by atoms with E-state index in [9.17, 15) is 21.6 Å². The number of rotatable bonds is 7. The first kappa shape index (κ1) is 24.0. The van der Waals surface area contributed by atoms with Crippen molar-refractivity contribution >= 4 is 44.8 Å². The van der Waals surface area contributed by atoms with Gasteiger partial charge in [-0.05, 0) is 43.9 Å². The molecule has 0 aromatic heterocycles. The molecule has 29 heavy (non-hydrogen) atoms. The highest BCUT2D eigenvalue weighted by Gasteiger charge is 2.32. The predicted molar refractivity (Wildman–Crippen MR) is 106 cm³/mol. The Morgan fingerprint density at radius 1 is 1.03 bits per heavy atom. The monoisotopic (exact) mass is 490 g/mol. The van der Waals surface area contributed by atoms with Crippen LogP contribution in [0.1, 0.15) is 11.6 Å². The maximum atomic E-state index is 12.8. The first-order chi connectivity index (χ1) is 13.3. The molecule has 2 aromatic rings. The van der Waals surface area contributed by atoms with Crippen molar-refractivity contribution in [3.8, 4) is 5.75 Å². The number of likely N-dealkylation sites (N-methyl/N-ethyl adjacent to an activating group) is 1. The number of ether oxygens (including phenoxy) is 1. The smallest absolute Gasteiger partial charge is 0.406 e. The molecule has 0 aliphatic rings. The fourth-order valence-corrected chi connectivity index (χ4v) is 4.51. The minimum Gasteiger partial charge on any atom is -0.406 e. The molecule has 2 rings (SSSR count). The summed E-state index contributed by atoms with van der Waals surface area (Å²) in [6, 6.07) is 6.54. The third-order valence-electron chi connectivity index (χ3n) is 3.62. The van der Waals surface area contributed by atoms with Crippen LogP contribution in [0.15, 0.2) is 41.3 Å². The van der Waals surface area contributed by atoms with Crippen LogP contribution in [-0.2, 0) is 10.0 Å². The minimum atomic E-state index is -4.92. The Hall–Kier alpha value is -1.23. The highest BCUT2D eigenvalue weighted by molar-refractivity contribution is 7.89. The van der Waals surface area contributed by atoms with Gasteiger partial charge in [0.2, 0.25) is 10.0 Å². The molecule has 12 heteroatoms. The normalized spacial score (nSPS) is 13.6. The van der Waals surface area contributed by atoms with E-state index in [4.69, 9.17) is 34.8 Å². The zero-order valence-electron chi connectivity index (χ0n) is 15.1. The third kappa shape index (κ3) is 6.91.